The molecule has 3 nitrogen and oxygen atoms in total. The molecule has 0 aliphatic rings. The SMILES string of the molecule is CCCCCOCC(CO)OC. The number of unbranched alkanes of at least 4 members (excludes halogenated alkanes) is 2. The fourth-order valence-corrected chi connectivity index (χ4v) is 0.864. The quantitative estimate of drug-likeness (QED) is 0.565. The van der Waals surface area contributed by atoms with Crippen LogP contribution in [0, 0.1) is 0 Å². The van der Waals surface area contributed by atoms with E-state index in [1.165, 1.54) is 12.8 Å². The van der Waals surface area contributed by atoms with Crippen molar-refractivity contribution < 1.29 is 14.6 Å². The summed E-state index contributed by atoms with van der Waals surface area (Å²) >= 11 is 0. The Labute approximate surface area is 74.7 Å². The molecule has 1 N–H and O–H groups in total. The highest BCUT2D eigenvalue weighted by Crippen LogP contribution is 1.96. The van der Waals surface area contributed by atoms with Crippen molar-refractivity contribution >= 4 is 0 Å². The van der Waals surface area contributed by atoms with Crippen molar-refractivity contribution in [2.24, 2.45) is 0 Å². The molecular weight excluding hydrogens is 156 g/mol. The van der Waals surface area contributed by atoms with Crippen LogP contribution in [0.25, 0.3) is 0 Å². The van der Waals surface area contributed by atoms with Crippen LogP contribution < -0.4 is 0 Å². The Kier molecular flexibility index (Phi) is 8.88. The van der Waals surface area contributed by atoms with Crippen LogP contribution >= 0.6 is 0 Å². The third-order valence-corrected chi connectivity index (χ3v) is 1.73. The summed E-state index contributed by atoms with van der Waals surface area (Å²) in [6.07, 6.45) is 3.35. The van der Waals surface area contributed by atoms with Crippen LogP contribution in [-0.4, -0.2) is 38.1 Å². The first-order valence-electron chi connectivity index (χ1n) is 4.56. The maximum atomic E-state index is 8.72. The number of hydrogen-bond donors (Lipinski definition) is 1. The molecule has 0 aliphatic carbocycles. The molecule has 0 aliphatic heterocycles. The van der Waals surface area contributed by atoms with Crippen LogP contribution in [0.5, 0.6) is 0 Å². The van der Waals surface area contributed by atoms with Gasteiger partial charge in [-0.2, -0.15) is 0 Å². The lowest BCUT2D eigenvalue weighted by molar-refractivity contribution is -0.0204. The fourth-order valence-electron chi connectivity index (χ4n) is 0.864. The van der Waals surface area contributed by atoms with Gasteiger partial charge in [0, 0.05) is 13.7 Å². The Hall–Kier alpha value is -0.120. The minimum Gasteiger partial charge on any atom is -0.394 e. The number of hydrogen-bond acceptors (Lipinski definition) is 3. The number of aliphatic hydroxyl groups is 1. The molecule has 74 valence electrons. The van der Waals surface area contributed by atoms with E-state index in [1.807, 2.05) is 0 Å². The number of methoxy groups -OCH3 is 1. The first-order chi connectivity index (χ1) is 5.85. The lowest BCUT2D eigenvalue weighted by Crippen LogP contribution is -2.22. The lowest BCUT2D eigenvalue weighted by atomic mass is 10.3. The van der Waals surface area contributed by atoms with Crippen LogP contribution in [0.15, 0.2) is 0 Å². The van der Waals surface area contributed by atoms with Crippen molar-refractivity contribution in [1.29, 1.82) is 0 Å². The summed E-state index contributed by atoms with van der Waals surface area (Å²) in [4.78, 5) is 0. The zero-order valence-electron chi connectivity index (χ0n) is 8.08. The zero-order chi connectivity index (χ0) is 9.23. The molecule has 1 unspecified atom stereocenters. The van der Waals surface area contributed by atoms with Crippen LogP contribution in [0.2, 0.25) is 0 Å². The van der Waals surface area contributed by atoms with E-state index in [4.69, 9.17) is 14.6 Å². The second kappa shape index (κ2) is 8.97. The van der Waals surface area contributed by atoms with Gasteiger partial charge in [0.25, 0.3) is 0 Å². The highest BCUT2D eigenvalue weighted by Gasteiger charge is 2.03. The van der Waals surface area contributed by atoms with Crippen molar-refractivity contribution in [1.82, 2.24) is 0 Å². The molecule has 3 heteroatoms. The minimum absolute atomic E-state index is 0.0320. The van der Waals surface area contributed by atoms with Crippen LogP contribution in [0.4, 0.5) is 0 Å². The third kappa shape index (κ3) is 6.58. The lowest BCUT2D eigenvalue weighted by Gasteiger charge is -2.11. The van der Waals surface area contributed by atoms with E-state index in [1.54, 1.807) is 7.11 Å². The van der Waals surface area contributed by atoms with Crippen molar-refractivity contribution in [3.8, 4) is 0 Å². The summed E-state index contributed by atoms with van der Waals surface area (Å²) in [6.45, 7) is 3.46. The van der Waals surface area contributed by atoms with Crippen LogP contribution in [0.1, 0.15) is 26.2 Å². The molecule has 0 aromatic heterocycles. The Morgan fingerprint density at radius 1 is 1.33 bits per heavy atom. The molecule has 0 bridgehead atoms. The number of rotatable bonds is 8. The second-order valence-electron chi connectivity index (χ2n) is 2.82. The standard InChI is InChI=1S/C9H20O3/c1-3-4-5-6-12-8-9(7-10)11-2/h9-10H,3-8H2,1-2H3. The monoisotopic (exact) mass is 176 g/mol. The van der Waals surface area contributed by atoms with Crippen molar-refractivity contribution in [3.63, 3.8) is 0 Å². The molecule has 0 saturated carbocycles. The smallest absolute Gasteiger partial charge is 0.103 e. The molecule has 12 heavy (non-hydrogen) atoms. The molecule has 0 rings (SSSR count). The molecule has 0 heterocycles. The highest BCUT2D eigenvalue weighted by molar-refractivity contribution is 4.51. The van der Waals surface area contributed by atoms with E-state index in [0.717, 1.165) is 13.0 Å². The molecule has 0 spiro atoms. The molecule has 0 aromatic carbocycles. The van der Waals surface area contributed by atoms with Crippen molar-refractivity contribution in [2.75, 3.05) is 26.9 Å². The van der Waals surface area contributed by atoms with E-state index in [0.29, 0.717) is 6.61 Å². The highest BCUT2D eigenvalue weighted by atomic mass is 16.5. The van der Waals surface area contributed by atoms with Gasteiger partial charge in [0.05, 0.1) is 13.2 Å². The zero-order valence-corrected chi connectivity index (χ0v) is 8.08. The van der Waals surface area contributed by atoms with E-state index < -0.39 is 0 Å². The molecular formula is C9H20O3. The van der Waals surface area contributed by atoms with E-state index in [9.17, 15) is 0 Å². The van der Waals surface area contributed by atoms with Gasteiger partial charge in [0.15, 0.2) is 0 Å². The largest absolute Gasteiger partial charge is 0.394 e. The molecule has 0 aromatic rings. The normalized spacial score (nSPS) is 13.2. The molecule has 0 amide bonds. The summed E-state index contributed by atoms with van der Waals surface area (Å²) in [7, 11) is 1.58. The summed E-state index contributed by atoms with van der Waals surface area (Å²) < 4.78 is 10.2. The maximum absolute atomic E-state index is 8.72. The van der Waals surface area contributed by atoms with Gasteiger partial charge in [-0.3, -0.25) is 0 Å². The van der Waals surface area contributed by atoms with Crippen LogP contribution in [-0.2, 0) is 9.47 Å². The average Bonchev–Trinajstić information content (AvgIpc) is 2.11. The Morgan fingerprint density at radius 2 is 2.08 bits per heavy atom. The first-order valence-corrected chi connectivity index (χ1v) is 4.56. The summed E-state index contributed by atoms with van der Waals surface area (Å²) in [5, 5.41) is 8.72. The first kappa shape index (κ1) is 11.9. The van der Waals surface area contributed by atoms with Crippen molar-refractivity contribution in [3.05, 3.63) is 0 Å². The third-order valence-electron chi connectivity index (χ3n) is 1.73. The van der Waals surface area contributed by atoms with Crippen molar-refractivity contribution in [2.45, 2.75) is 32.3 Å². The topological polar surface area (TPSA) is 38.7 Å². The Morgan fingerprint density at radius 3 is 2.58 bits per heavy atom. The second-order valence-corrected chi connectivity index (χ2v) is 2.82. The van der Waals surface area contributed by atoms with Gasteiger partial charge in [-0.15, -0.1) is 0 Å². The summed E-state index contributed by atoms with van der Waals surface area (Å²) in [6, 6.07) is 0. The van der Waals surface area contributed by atoms with E-state index in [2.05, 4.69) is 6.92 Å². The van der Waals surface area contributed by atoms with Gasteiger partial charge < -0.3 is 14.6 Å². The van der Waals surface area contributed by atoms with Gasteiger partial charge in [-0.25, -0.2) is 0 Å². The van der Waals surface area contributed by atoms with E-state index in [-0.39, 0.29) is 12.7 Å². The Bertz CT molecular complexity index is 81.8. The summed E-state index contributed by atoms with van der Waals surface area (Å²) in [5.41, 5.74) is 0. The predicted octanol–water partition coefficient (Wildman–Crippen LogP) is 1.20. The molecule has 0 fully saturated rings. The van der Waals surface area contributed by atoms with Gasteiger partial charge >= 0.3 is 0 Å². The van der Waals surface area contributed by atoms with Crippen LogP contribution in [0.3, 0.4) is 0 Å². The predicted molar refractivity (Wildman–Crippen MR) is 48.2 cm³/mol. The number of ether oxygens (including phenoxy) is 2. The maximum Gasteiger partial charge on any atom is 0.103 e. The van der Waals surface area contributed by atoms with Gasteiger partial charge in [-0.05, 0) is 6.42 Å². The van der Waals surface area contributed by atoms with Gasteiger partial charge in [-0.1, -0.05) is 19.8 Å². The Balaban J connectivity index is 3.06. The molecule has 0 saturated heterocycles. The van der Waals surface area contributed by atoms with Gasteiger partial charge in [0.1, 0.15) is 6.10 Å². The minimum atomic E-state index is -0.161. The molecule has 1 atom stereocenters. The van der Waals surface area contributed by atoms with E-state index >= 15 is 0 Å². The average molecular weight is 176 g/mol. The van der Waals surface area contributed by atoms with Gasteiger partial charge in [0.2, 0.25) is 0 Å². The summed E-state index contributed by atoms with van der Waals surface area (Å²) in [5.74, 6) is 0. The molecule has 0 radical (unpaired) electrons. The number of aliphatic hydroxyl groups excluding tert-OH is 1. The fraction of sp³-hybridized carbons (Fsp3) is 1.00.